The molecule has 2 aromatic carbocycles. The molecule has 176 valence electrons. The third-order valence-electron chi connectivity index (χ3n) is 5.45. The van der Waals surface area contributed by atoms with Gasteiger partial charge in [0.05, 0.1) is 0 Å². The van der Waals surface area contributed by atoms with Crippen molar-refractivity contribution in [3.63, 3.8) is 0 Å². The third-order valence-corrected chi connectivity index (χ3v) is 7.36. The van der Waals surface area contributed by atoms with Gasteiger partial charge in [-0.05, 0) is 43.2 Å². The lowest BCUT2D eigenvalue weighted by atomic mass is 9.98. The van der Waals surface area contributed by atoms with Crippen LogP contribution in [0.4, 0.5) is 8.78 Å². The number of carbonyl (C=O) groups is 2. The maximum atomic E-state index is 13.9. The number of amides is 2. The molecular formula is C21H21F2N3O6S. The number of hydrogen-bond acceptors (Lipinski definition) is 6. The van der Waals surface area contributed by atoms with E-state index in [0.29, 0.717) is 17.6 Å². The Hall–Kier alpha value is -3.25. The van der Waals surface area contributed by atoms with E-state index in [-0.39, 0.29) is 32.5 Å². The Morgan fingerprint density at radius 1 is 0.970 bits per heavy atom. The van der Waals surface area contributed by atoms with E-state index in [1.807, 2.05) is 0 Å². The summed E-state index contributed by atoms with van der Waals surface area (Å²) in [6.07, 6.45) is -0.656. The van der Waals surface area contributed by atoms with Gasteiger partial charge in [-0.1, -0.05) is 12.1 Å². The number of ether oxygens (including phenoxy) is 2. The Labute approximate surface area is 188 Å². The Kier molecular flexibility index (Phi) is 6.47. The zero-order valence-electron chi connectivity index (χ0n) is 17.3. The summed E-state index contributed by atoms with van der Waals surface area (Å²) in [4.78, 5) is 24.0. The molecular weight excluding hydrogens is 460 g/mol. The molecule has 2 heterocycles. The van der Waals surface area contributed by atoms with Crippen molar-refractivity contribution < 1.29 is 36.3 Å². The van der Waals surface area contributed by atoms with Crippen LogP contribution in [-0.4, -0.2) is 50.3 Å². The molecule has 1 atom stereocenters. The zero-order valence-corrected chi connectivity index (χ0v) is 18.1. The first-order chi connectivity index (χ1) is 15.8. The summed E-state index contributed by atoms with van der Waals surface area (Å²) in [6, 6.07) is 9.10. The molecule has 0 aromatic heterocycles. The summed E-state index contributed by atoms with van der Waals surface area (Å²) in [7, 11) is -4.24. The molecule has 2 aliphatic rings. The topological polar surface area (TPSA) is 114 Å². The Bertz CT molecular complexity index is 1170. The molecule has 4 rings (SSSR count). The van der Waals surface area contributed by atoms with Crippen molar-refractivity contribution in [2.45, 2.75) is 23.8 Å². The monoisotopic (exact) mass is 481 g/mol. The van der Waals surface area contributed by atoms with Gasteiger partial charge in [-0.3, -0.25) is 20.4 Å². The van der Waals surface area contributed by atoms with Crippen molar-refractivity contribution in [2.75, 3.05) is 19.7 Å². The SMILES string of the molecule is O=C(NNC(=O)C1COc2ccccc2O1)C1CCN(S(=O)(=O)c2cc(F)ccc2F)CC1. The summed E-state index contributed by atoms with van der Waals surface area (Å²) in [6.45, 7) is -0.132. The van der Waals surface area contributed by atoms with E-state index in [1.165, 1.54) is 0 Å². The maximum Gasteiger partial charge on any atom is 0.283 e. The number of para-hydroxylation sites is 2. The highest BCUT2D eigenvalue weighted by Crippen LogP contribution is 2.31. The van der Waals surface area contributed by atoms with Crippen molar-refractivity contribution in [1.82, 2.24) is 15.2 Å². The van der Waals surface area contributed by atoms with Gasteiger partial charge >= 0.3 is 0 Å². The maximum absolute atomic E-state index is 13.9. The van der Waals surface area contributed by atoms with Gasteiger partial charge in [-0.2, -0.15) is 4.31 Å². The lowest BCUT2D eigenvalue weighted by Crippen LogP contribution is -2.53. The summed E-state index contributed by atoms with van der Waals surface area (Å²) in [5.41, 5.74) is 4.62. The van der Waals surface area contributed by atoms with E-state index in [4.69, 9.17) is 9.47 Å². The Morgan fingerprint density at radius 2 is 1.64 bits per heavy atom. The average Bonchev–Trinajstić information content (AvgIpc) is 2.83. The van der Waals surface area contributed by atoms with Crippen LogP contribution < -0.4 is 20.3 Å². The number of benzene rings is 2. The molecule has 2 aromatic rings. The van der Waals surface area contributed by atoms with Gasteiger partial charge in [-0.25, -0.2) is 17.2 Å². The average molecular weight is 481 g/mol. The fraction of sp³-hybridized carbons (Fsp3) is 0.333. The molecule has 2 aliphatic heterocycles. The van der Waals surface area contributed by atoms with E-state index in [9.17, 15) is 26.8 Å². The fourth-order valence-electron chi connectivity index (χ4n) is 3.63. The minimum atomic E-state index is -4.24. The van der Waals surface area contributed by atoms with Gasteiger partial charge in [0, 0.05) is 19.0 Å². The number of carbonyl (C=O) groups excluding carboxylic acids is 2. The number of nitrogens with zero attached hydrogens (tertiary/aromatic N) is 1. The number of hydrogen-bond donors (Lipinski definition) is 2. The predicted octanol–water partition coefficient (Wildman–Crippen LogP) is 1.35. The van der Waals surface area contributed by atoms with Gasteiger partial charge in [0.25, 0.3) is 5.91 Å². The molecule has 0 aliphatic carbocycles. The number of nitrogens with one attached hydrogen (secondary N) is 2. The van der Waals surface area contributed by atoms with Crippen LogP contribution in [0.15, 0.2) is 47.4 Å². The summed E-state index contributed by atoms with van der Waals surface area (Å²) in [5, 5.41) is 0. The molecule has 0 bridgehead atoms. The largest absolute Gasteiger partial charge is 0.485 e. The van der Waals surface area contributed by atoms with Crippen LogP contribution in [-0.2, 0) is 19.6 Å². The summed E-state index contributed by atoms with van der Waals surface area (Å²) in [5.74, 6) is -2.64. The van der Waals surface area contributed by atoms with E-state index >= 15 is 0 Å². The third kappa shape index (κ3) is 4.91. The quantitative estimate of drug-likeness (QED) is 0.638. The highest BCUT2D eigenvalue weighted by Gasteiger charge is 2.34. The zero-order chi connectivity index (χ0) is 23.6. The summed E-state index contributed by atoms with van der Waals surface area (Å²) < 4.78 is 64.7. The van der Waals surface area contributed by atoms with Crippen molar-refractivity contribution >= 4 is 21.8 Å². The second-order valence-corrected chi connectivity index (χ2v) is 9.50. The van der Waals surface area contributed by atoms with Crippen LogP contribution in [0, 0.1) is 17.6 Å². The van der Waals surface area contributed by atoms with E-state index in [1.54, 1.807) is 24.3 Å². The van der Waals surface area contributed by atoms with Crippen molar-refractivity contribution in [3.8, 4) is 11.5 Å². The number of halogens is 2. The summed E-state index contributed by atoms with van der Waals surface area (Å²) >= 11 is 0. The normalized spacial score (nSPS) is 19.0. The highest BCUT2D eigenvalue weighted by atomic mass is 32.2. The lowest BCUT2D eigenvalue weighted by molar-refractivity contribution is -0.136. The highest BCUT2D eigenvalue weighted by molar-refractivity contribution is 7.89. The molecule has 33 heavy (non-hydrogen) atoms. The smallest absolute Gasteiger partial charge is 0.283 e. The minimum Gasteiger partial charge on any atom is -0.485 e. The second-order valence-electron chi connectivity index (χ2n) is 7.60. The first-order valence-electron chi connectivity index (χ1n) is 10.2. The second kappa shape index (κ2) is 9.32. The van der Waals surface area contributed by atoms with Crippen molar-refractivity contribution in [3.05, 3.63) is 54.1 Å². The molecule has 0 radical (unpaired) electrons. The van der Waals surface area contributed by atoms with Gasteiger partial charge in [0.1, 0.15) is 23.1 Å². The first kappa shape index (κ1) is 22.9. The minimum absolute atomic E-state index is 0.0222. The van der Waals surface area contributed by atoms with Crippen LogP contribution >= 0.6 is 0 Å². The molecule has 1 unspecified atom stereocenters. The number of fused-ring (bicyclic) bond motifs is 1. The van der Waals surface area contributed by atoms with Gasteiger partial charge in [0.2, 0.25) is 22.0 Å². The first-order valence-corrected chi connectivity index (χ1v) is 11.6. The molecule has 9 nitrogen and oxygen atoms in total. The molecule has 12 heteroatoms. The van der Waals surface area contributed by atoms with E-state index in [2.05, 4.69) is 10.9 Å². The van der Waals surface area contributed by atoms with Crippen LogP contribution in [0.2, 0.25) is 0 Å². The van der Waals surface area contributed by atoms with Crippen LogP contribution in [0.3, 0.4) is 0 Å². The van der Waals surface area contributed by atoms with Crippen LogP contribution in [0.1, 0.15) is 12.8 Å². The number of sulfonamides is 1. The number of hydrazine groups is 1. The van der Waals surface area contributed by atoms with Crippen LogP contribution in [0.25, 0.3) is 0 Å². The van der Waals surface area contributed by atoms with E-state index in [0.717, 1.165) is 16.4 Å². The van der Waals surface area contributed by atoms with Gasteiger partial charge < -0.3 is 9.47 Å². The van der Waals surface area contributed by atoms with E-state index < -0.39 is 50.4 Å². The van der Waals surface area contributed by atoms with Crippen molar-refractivity contribution in [2.24, 2.45) is 5.92 Å². The number of piperidine rings is 1. The molecule has 1 saturated heterocycles. The standard InChI is InChI=1S/C21H21F2N3O6S/c22-14-5-6-15(23)19(11-14)33(29,30)26-9-7-13(8-10-26)20(27)24-25-21(28)18-12-31-16-3-1-2-4-17(16)32-18/h1-6,11,13,18H,7-10,12H2,(H,24,27)(H,25,28). The Morgan fingerprint density at radius 3 is 2.36 bits per heavy atom. The predicted molar refractivity (Wildman–Crippen MR) is 110 cm³/mol. The molecule has 0 saturated carbocycles. The molecule has 2 N–H and O–H groups in total. The van der Waals surface area contributed by atoms with Crippen LogP contribution in [0.5, 0.6) is 11.5 Å². The fourth-order valence-corrected chi connectivity index (χ4v) is 5.17. The molecule has 2 amide bonds. The molecule has 1 fully saturated rings. The van der Waals surface area contributed by atoms with Gasteiger partial charge in [0.15, 0.2) is 11.5 Å². The molecule has 0 spiro atoms. The Balaban J connectivity index is 1.28. The lowest BCUT2D eigenvalue weighted by Gasteiger charge is -2.31. The number of rotatable bonds is 4. The van der Waals surface area contributed by atoms with Gasteiger partial charge in [-0.15, -0.1) is 0 Å². The van der Waals surface area contributed by atoms with Crippen molar-refractivity contribution in [1.29, 1.82) is 0 Å².